The average molecular weight is 378 g/mol. The molecule has 0 saturated heterocycles. The summed E-state index contributed by atoms with van der Waals surface area (Å²) in [5.74, 6) is 0.890. The van der Waals surface area contributed by atoms with Crippen LogP contribution in [0.25, 0.3) is 33.6 Å². The average Bonchev–Trinajstić information content (AvgIpc) is 3.46. The minimum absolute atomic E-state index is 0.621. The summed E-state index contributed by atoms with van der Waals surface area (Å²) in [5.41, 5.74) is 6.25. The van der Waals surface area contributed by atoms with E-state index in [0.717, 1.165) is 39.5 Å². The molecule has 0 spiro atoms. The number of imidazole rings is 2. The molecule has 0 fully saturated rings. The third kappa shape index (κ3) is 3.43. The maximum Gasteiger partial charge on any atom is 0.126 e. The van der Waals surface area contributed by atoms with Crippen molar-refractivity contribution in [2.75, 3.05) is 0 Å². The Balaban J connectivity index is 1.59. The Morgan fingerprint density at radius 1 is 0.759 bits per heavy atom. The molecule has 3 aromatic heterocycles. The van der Waals surface area contributed by atoms with Gasteiger partial charge in [-0.25, -0.2) is 19.9 Å². The highest BCUT2D eigenvalue weighted by Gasteiger charge is 2.16. The van der Waals surface area contributed by atoms with Crippen molar-refractivity contribution >= 4 is 0 Å². The van der Waals surface area contributed by atoms with Crippen molar-refractivity contribution in [3.8, 4) is 33.6 Å². The lowest BCUT2D eigenvalue weighted by molar-refractivity contribution is 0.762. The van der Waals surface area contributed by atoms with E-state index in [0.29, 0.717) is 6.54 Å². The fourth-order valence-corrected chi connectivity index (χ4v) is 3.43. The molecule has 0 bridgehead atoms. The van der Waals surface area contributed by atoms with Crippen LogP contribution in [0.15, 0.2) is 92.0 Å². The minimum atomic E-state index is 0.621. The van der Waals surface area contributed by atoms with Crippen LogP contribution in [-0.2, 0) is 6.54 Å². The second-order valence-electron chi connectivity index (χ2n) is 6.68. The first kappa shape index (κ1) is 17.1. The number of benzene rings is 2. The zero-order chi connectivity index (χ0) is 19.5. The maximum absolute atomic E-state index is 4.73. The van der Waals surface area contributed by atoms with Crippen LogP contribution in [0.2, 0.25) is 0 Å². The molecule has 0 atom stereocenters. The van der Waals surface area contributed by atoms with E-state index in [-0.39, 0.29) is 0 Å². The first-order valence-corrected chi connectivity index (χ1v) is 9.33. The van der Waals surface area contributed by atoms with Gasteiger partial charge in [0.2, 0.25) is 0 Å². The smallest absolute Gasteiger partial charge is 0.126 e. The maximum atomic E-state index is 4.73. The number of nitrogens with one attached hydrogen (secondary N) is 1. The van der Waals surface area contributed by atoms with E-state index < -0.39 is 0 Å². The SMILES string of the molecule is c1ccc(-c2ncn(Cc3ncc[nH]3)c2-c2ccc(-c3cncnc3)cc2)cc1. The van der Waals surface area contributed by atoms with E-state index in [4.69, 9.17) is 4.98 Å². The van der Waals surface area contributed by atoms with Gasteiger partial charge in [-0.1, -0.05) is 54.6 Å². The van der Waals surface area contributed by atoms with Gasteiger partial charge >= 0.3 is 0 Å². The van der Waals surface area contributed by atoms with Crippen LogP contribution in [-0.4, -0.2) is 29.5 Å². The van der Waals surface area contributed by atoms with Crippen LogP contribution in [0, 0.1) is 0 Å². The largest absolute Gasteiger partial charge is 0.347 e. The summed E-state index contributed by atoms with van der Waals surface area (Å²) in [7, 11) is 0. The Bertz CT molecular complexity index is 1190. The molecule has 5 aromatic rings. The van der Waals surface area contributed by atoms with Crippen LogP contribution >= 0.6 is 0 Å². The highest BCUT2D eigenvalue weighted by molar-refractivity contribution is 5.80. The molecule has 3 heterocycles. The topological polar surface area (TPSA) is 72.3 Å². The molecule has 6 heteroatoms. The summed E-state index contributed by atoms with van der Waals surface area (Å²) >= 11 is 0. The Morgan fingerprint density at radius 3 is 2.24 bits per heavy atom. The lowest BCUT2D eigenvalue weighted by Crippen LogP contribution is -2.02. The zero-order valence-electron chi connectivity index (χ0n) is 15.6. The molecule has 0 aliphatic heterocycles. The zero-order valence-corrected chi connectivity index (χ0v) is 15.6. The van der Waals surface area contributed by atoms with Crippen molar-refractivity contribution < 1.29 is 0 Å². The number of hydrogen-bond acceptors (Lipinski definition) is 4. The molecule has 0 aliphatic rings. The van der Waals surface area contributed by atoms with Gasteiger partial charge in [-0.2, -0.15) is 0 Å². The molecule has 29 heavy (non-hydrogen) atoms. The lowest BCUT2D eigenvalue weighted by Gasteiger charge is -2.11. The van der Waals surface area contributed by atoms with Crippen LogP contribution < -0.4 is 0 Å². The molecule has 1 N–H and O–H groups in total. The highest BCUT2D eigenvalue weighted by atomic mass is 15.1. The van der Waals surface area contributed by atoms with E-state index in [9.17, 15) is 0 Å². The molecule has 2 aromatic carbocycles. The molecule has 0 unspecified atom stereocenters. The number of aromatic nitrogens is 6. The van der Waals surface area contributed by atoms with E-state index in [2.05, 4.69) is 60.9 Å². The van der Waals surface area contributed by atoms with Crippen LogP contribution in [0.1, 0.15) is 5.82 Å². The van der Waals surface area contributed by atoms with Crippen molar-refractivity contribution in [1.82, 2.24) is 29.5 Å². The Hall–Kier alpha value is -4.06. The van der Waals surface area contributed by atoms with Crippen LogP contribution in [0.4, 0.5) is 0 Å². The van der Waals surface area contributed by atoms with Crippen molar-refractivity contribution in [2.45, 2.75) is 6.54 Å². The van der Waals surface area contributed by atoms with Crippen LogP contribution in [0.5, 0.6) is 0 Å². The molecule has 0 saturated carbocycles. The van der Waals surface area contributed by atoms with Crippen molar-refractivity contribution in [3.63, 3.8) is 0 Å². The lowest BCUT2D eigenvalue weighted by atomic mass is 10.0. The van der Waals surface area contributed by atoms with Crippen molar-refractivity contribution in [1.29, 1.82) is 0 Å². The molecule has 5 rings (SSSR count). The predicted molar refractivity (Wildman–Crippen MR) is 112 cm³/mol. The van der Waals surface area contributed by atoms with E-state index in [1.165, 1.54) is 6.33 Å². The fraction of sp³-hybridized carbons (Fsp3) is 0.0435. The van der Waals surface area contributed by atoms with Crippen molar-refractivity contribution in [2.24, 2.45) is 0 Å². The Morgan fingerprint density at radius 2 is 1.52 bits per heavy atom. The van der Waals surface area contributed by atoms with Gasteiger partial charge in [-0.15, -0.1) is 0 Å². The highest BCUT2D eigenvalue weighted by Crippen LogP contribution is 2.32. The van der Waals surface area contributed by atoms with Gasteiger partial charge in [0.25, 0.3) is 0 Å². The number of nitrogens with zero attached hydrogens (tertiary/aromatic N) is 5. The molecule has 6 nitrogen and oxygen atoms in total. The van der Waals surface area contributed by atoms with E-state index in [1.807, 2.05) is 43.1 Å². The normalized spacial score (nSPS) is 10.9. The molecule has 140 valence electrons. The summed E-state index contributed by atoms with van der Waals surface area (Å²) < 4.78 is 2.13. The molecular formula is C23H18N6. The predicted octanol–water partition coefficient (Wildman–Crippen LogP) is 4.45. The Kier molecular flexibility index (Phi) is 4.42. The van der Waals surface area contributed by atoms with E-state index in [1.54, 1.807) is 6.20 Å². The molecular weight excluding hydrogens is 360 g/mol. The van der Waals surface area contributed by atoms with Gasteiger partial charge in [-0.05, 0) is 5.56 Å². The second kappa shape index (κ2) is 7.52. The third-order valence-corrected chi connectivity index (χ3v) is 4.81. The monoisotopic (exact) mass is 378 g/mol. The first-order valence-electron chi connectivity index (χ1n) is 9.33. The minimum Gasteiger partial charge on any atom is -0.347 e. The van der Waals surface area contributed by atoms with Gasteiger partial charge in [0, 0.05) is 41.5 Å². The number of hydrogen-bond donors (Lipinski definition) is 1. The van der Waals surface area contributed by atoms with Gasteiger partial charge < -0.3 is 9.55 Å². The third-order valence-electron chi connectivity index (χ3n) is 4.81. The van der Waals surface area contributed by atoms with Crippen LogP contribution in [0.3, 0.4) is 0 Å². The number of rotatable bonds is 5. The molecule has 0 amide bonds. The second-order valence-corrected chi connectivity index (χ2v) is 6.68. The first-order chi connectivity index (χ1) is 14.4. The van der Waals surface area contributed by atoms with Gasteiger partial charge in [0.1, 0.15) is 12.2 Å². The number of aromatic amines is 1. The summed E-state index contributed by atoms with van der Waals surface area (Å²) in [4.78, 5) is 20.5. The number of H-pyrrole nitrogens is 1. The molecule has 0 radical (unpaired) electrons. The van der Waals surface area contributed by atoms with Gasteiger partial charge in [0.05, 0.1) is 24.3 Å². The Labute approximate surface area is 168 Å². The fourth-order valence-electron chi connectivity index (χ4n) is 3.43. The standard InChI is InChI=1S/C23H18N6/c1-2-4-18(5-3-1)22-23(29(16-28-22)14-21-26-10-11-27-21)19-8-6-17(7-9-19)20-12-24-15-25-13-20/h1-13,15-16H,14H2,(H,26,27). The summed E-state index contributed by atoms with van der Waals surface area (Å²) in [6, 6.07) is 18.7. The summed E-state index contributed by atoms with van der Waals surface area (Å²) in [6.07, 6.45) is 10.6. The van der Waals surface area contributed by atoms with E-state index >= 15 is 0 Å². The molecule has 0 aliphatic carbocycles. The summed E-state index contributed by atoms with van der Waals surface area (Å²) in [6.45, 7) is 0.621. The quantitative estimate of drug-likeness (QED) is 0.491. The summed E-state index contributed by atoms with van der Waals surface area (Å²) in [5, 5.41) is 0. The van der Waals surface area contributed by atoms with Gasteiger partial charge in [0.15, 0.2) is 0 Å². The van der Waals surface area contributed by atoms with Gasteiger partial charge in [-0.3, -0.25) is 0 Å². The van der Waals surface area contributed by atoms with Crippen molar-refractivity contribution in [3.05, 3.63) is 97.9 Å².